The third-order valence-corrected chi connectivity index (χ3v) is 3.82. The van der Waals surface area contributed by atoms with Crippen LogP contribution in [0.5, 0.6) is 5.75 Å². The van der Waals surface area contributed by atoms with Gasteiger partial charge >= 0.3 is 6.18 Å². The van der Waals surface area contributed by atoms with Crippen LogP contribution >= 0.6 is 28.7 Å². The van der Waals surface area contributed by atoms with Gasteiger partial charge in [-0.15, -0.1) is 17.0 Å². The molecule has 0 radical (unpaired) electrons. The maximum Gasteiger partial charge on any atom is 0.422 e. The van der Waals surface area contributed by atoms with E-state index in [1.807, 2.05) is 13.0 Å². The largest absolute Gasteiger partial charge is 0.484 e. The molecule has 1 unspecified atom stereocenters. The molecule has 1 aliphatic heterocycles. The minimum Gasteiger partial charge on any atom is -0.484 e. The Hall–Kier alpha value is -0.950. The number of alkyl halides is 3. The third-order valence-electron chi connectivity index (χ3n) is 2.81. The predicted molar refractivity (Wildman–Crippen MR) is 79.9 cm³/mol. The molecular formula is C13H11BrF3NOS. The lowest BCUT2D eigenvalue weighted by Gasteiger charge is -2.10. The van der Waals surface area contributed by atoms with Crippen LogP contribution in [0.3, 0.4) is 0 Å². The first-order chi connectivity index (χ1) is 8.92. The van der Waals surface area contributed by atoms with E-state index in [0.29, 0.717) is 0 Å². The van der Waals surface area contributed by atoms with Gasteiger partial charge < -0.3 is 4.74 Å². The number of ether oxygens (including phenoxy) is 1. The van der Waals surface area contributed by atoms with E-state index in [1.54, 1.807) is 30.0 Å². The Morgan fingerprint density at radius 1 is 1.35 bits per heavy atom. The summed E-state index contributed by atoms with van der Waals surface area (Å²) in [6, 6.07) is 4.94. The standard InChI is InChI=1S/C13H10F3NOS.BrH/c1-7-17-12-10-3-2-9(18-6-13(14,15)16)4-8(10)5-11(12)19-7;/h2-5,7H,6H2,1H3;1H. The number of rotatable bonds is 2. The van der Waals surface area contributed by atoms with Gasteiger partial charge in [0.1, 0.15) is 5.75 Å². The number of thioether (sulfide) groups is 1. The second-order valence-corrected chi connectivity index (χ2v) is 5.71. The number of hydrogen-bond donors (Lipinski definition) is 0. The first-order valence-electron chi connectivity index (χ1n) is 5.73. The molecule has 0 saturated heterocycles. The summed E-state index contributed by atoms with van der Waals surface area (Å²) in [4.78, 5) is 5.58. The first kappa shape index (κ1) is 15.4. The molecule has 0 aromatic heterocycles. The van der Waals surface area contributed by atoms with Crippen LogP contribution in [0.15, 0.2) is 28.1 Å². The van der Waals surface area contributed by atoms with Gasteiger partial charge in [0.25, 0.3) is 0 Å². The van der Waals surface area contributed by atoms with Crippen LogP contribution in [0.4, 0.5) is 13.2 Å². The minimum absolute atomic E-state index is 0. The van der Waals surface area contributed by atoms with Crippen molar-refractivity contribution in [3.05, 3.63) is 34.2 Å². The summed E-state index contributed by atoms with van der Waals surface area (Å²) in [6.07, 6.45) is -2.37. The fourth-order valence-electron chi connectivity index (χ4n) is 2.09. The molecule has 20 heavy (non-hydrogen) atoms. The van der Waals surface area contributed by atoms with Crippen LogP contribution < -0.4 is 4.74 Å². The Balaban J connectivity index is 0.00000147. The number of aliphatic imine (C=N–C) groups is 1. The van der Waals surface area contributed by atoms with Crippen LogP contribution in [0.25, 0.3) is 6.08 Å². The summed E-state index contributed by atoms with van der Waals surface area (Å²) in [5, 5.41) is 0.204. The molecule has 0 spiro atoms. The molecule has 0 amide bonds. The SMILES string of the molecule is Br.CC1N=C2C(=Cc3cc(OCC(F)(F)F)ccc32)S1. The van der Waals surface area contributed by atoms with E-state index >= 15 is 0 Å². The van der Waals surface area contributed by atoms with Crippen molar-refractivity contribution in [2.75, 3.05) is 6.61 Å². The van der Waals surface area contributed by atoms with E-state index in [1.165, 1.54) is 0 Å². The van der Waals surface area contributed by atoms with Crippen molar-refractivity contribution < 1.29 is 17.9 Å². The normalized spacial score (nSPS) is 19.7. The van der Waals surface area contributed by atoms with E-state index in [0.717, 1.165) is 21.7 Å². The molecular weight excluding hydrogens is 355 g/mol. The molecule has 3 rings (SSSR count). The summed E-state index contributed by atoms with van der Waals surface area (Å²) in [5.74, 6) is 0.228. The van der Waals surface area contributed by atoms with E-state index < -0.39 is 12.8 Å². The van der Waals surface area contributed by atoms with Crippen LogP contribution in [0, 0.1) is 0 Å². The Kier molecular flexibility index (Phi) is 4.20. The lowest BCUT2D eigenvalue weighted by Crippen LogP contribution is -2.19. The molecule has 0 saturated carbocycles. The van der Waals surface area contributed by atoms with Crippen molar-refractivity contribution in [3.8, 4) is 5.75 Å². The summed E-state index contributed by atoms with van der Waals surface area (Å²) in [6.45, 7) is 0.742. The van der Waals surface area contributed by atoms with Crippen molar-refractivity contribution in [1.82, 2.24) is 0 Å². The highest BCUT2D eigenvalue weighted by Gasteiger charge is 2.30. The molecule has 0 fully saturated rings. The number of halogens is 4. The van der Waals surface area contributed by atoms with E-state index in [4.69, 9.17) is 4.74 Å². The Morgan fingerprint density at radius 2 is 2.10 bits per heavy atom. The zero-order chi connectivity index (χ0) is 13.6. The topological polar surface area (TPSA) is 21.6 Å². The Bertz CT molecular complexity index is 598. The maximum atomic E-state index is 12.1. The van der Waals surface area contributed by atoms with Crippen LogP contribution in [0.1, 0.15) is 18.1 Å². The van der Waals surface area contributed by atoms with Crippen molar-refractivity contribution in [3.63, 3.8) is 0 Å². The molecule has 1 heterocycles. The lowest BCUT2D eigenvalue weighted by molar-refractivity contribution is -0.153. The zero-order valence-corrected chi connectivity index (χ0v) is 12.9. The van der Waals surface area contributed by atoms with Crippen LogP contribution in [-0.4, -0.2) is 23.9 Å². The number of nitrogens with zero attached hydrogens (tertiary/aromatic N) is 1. The highest BCUT2D eigenvalue weighted by molar-refractivity contribution is 8.93. The second kappa shape index (κ2) is 5.44. The molecule has 2 aliphatic rings. The van der Waals surface area contributed by atoms with Gasteiger partial charge in [-0.25, -0.2) is 0 Å². The van der Waals surface area contributed by atoms with Gasteiger partial charge in [0.05, 0.1) is 11.1 Å². The molecule has 1 aliphatic carbocycles. The predicted octanol–water partition coefficient (Wildman–Crippen LogP) is 4.44. The van der Waals surface area contributed by atoms with E-state index in [2.05, 4.69) is 4.99 Å². The fraction of sp³-hybridized carbons (Fsp3) is 0.308. The van der Waals surface area contributed by atoms with Gasteiger partial charge in [0.2, 0.25) is 0 Å². The smallest absolute Gasteiger partial charge is 0.422 e. The maximum absolute atomic E-state index is 12.1. The lowest BCUT2D eigenvalue weighted by atomic mass is 10.1. The quantitative estimate of drug-likeness (QED) is 0.772. The molecule has 1 aromatic rings. The molecule has 0 N–H and O–H groups in total. The van der Waals surface area contributed by atoms with Gasteiger partial charge in [-0.05, 0) is 36.8 Å². The zero-order valence-electron chi connectivity index (χ0n) is 10.4. The molecule has 2 nitrogen and oxygen atoms in total. The second-order valence-electron chi connectivity index (χ2n) is 4.36. The van der Waals surface area contributed by atoms with Crippen molar-refractivity contribution in [1.29, 1.82) is 0 Å². The summed E-state index contributed by atoms with van der Waals surface area (Å²) >= 11 is 1.65. The average molecular weight is 366 g/mol. The molecule has 108 valence electrons. The number of benzene rings is 1. The van der Waals surface area contributed by atoms with Gasteiger partial charge in [-0.1, -0.05) is 11.8 Å². The number of hydrogen-bond acceptors (Lipinski definition) is 3. The monoisotopic (exact) mass is 365 g/mol. The van der Waals surface area contributed by atoms with Crippen molar-refractivity contribution >= 4 is 40.5 Å². The molecule has 1 aromatic carbocycles. The summed E-state index contributed by atoms with van der Waals surface area (Å²) < 4.78 is 41.0. The van der Waals surface area contributed by atoms with Crippen LogP contribution in [0.2, 0.25) is 0 Å². The Morgan fingerprint density at radius 3 is 2.80 bits per heavy atom. The van der Waals surface area contributed by atoms with Gasteiger partial charge in [-0.2, -0.15) is 13.2 Å². The molecule has 7 heteroatoms. The average Bonchev–Trinajstić information content (AvgIpc) is 2.80. The minimum atomic E-state index is -4.32. The van der Waals surface area contributed by atoms with Gasteiger partial charge in [0, 0.05) is 10.5 Å². The van der Waals surface area contributed by atoms with E-state index in [-0.39, 0.29) is 28.1 Å². The molecule has 0 bridgehead atoms. The Labute approximate surface area is 128 Å². The fourth-order valence-corrected chi connectivity index (χ4v) is 3.08. The summed E-state index contributed by atoms with van der Waals surface area (Å²) in [7, 11) is 0. The van der Waals surface area contributed by atoms with Crippen molar-refractivity contribution in [2.45, 2.75) is 18.5 Å². The van der Waals surface area contributed by atoms with Gasteiger partial charge in [0.15, 0.2) is 6.61 Å². The number of fused-ring (bicyclic) bond motifs is 3. The van der Waals surface area contributed by atoms with Crippen molar-refractivity contribution in [2.24, 2.45) is 4.99 Å². The van der Waals surface area contributed by atoms with E-state index in [9.17, 15) is 13.2 Å². The molecule has 1 atom stereocenters. The highest BCUT2D eigenvalue weighted by Crippen LogP contribution is 2.41. The number of allylic oxidation sites excluding steroid dienone is 1. The highest BCUT2D eigenvalue weighted by atomic mass is 79.9. The first-order valence-corrected chi connectivity index (χ1v) is 6.61. The van der Waals surface area contributed by atoms with Crippen LogP contribution in [-0.2, 0) is 0 Å². The third kappa shape index (κ3) is 3.03. The van der Waals surface area contributed by atoms with Gasteiger partial charge in [-0.3, -0.25) is 4.99 Å². The summed E-state index contributed by atoms with van der Waals surface area (Å²) in [5.41, 5.74) is 2.77.